The maximum Gasteiger partial charge on any atom is 0.227 e. The number of hydrogen-bond donors (Lipinski definition) is 2. The van der Waals surface area contributed by atoms with Gasteiger partial charge in [0.2, 0.25) is 5.91 Å². The van der Waals surface area contributed by atoms with E-state index in [0.717, 1.165) is 0 Å². The van der Waals surface area contributed by atoms with Crippen LogP contribution in [-0.4, -0.2) is 25.2 Å². The van der Waals surface area contributed by atoms with Crippen molar-refractivity contribution in [2.75, 3.05) is 13.2 Å². The van der Waals surface area contributed by atoms with E-state index >= 15 is 0 Å². The monoisotopic (exact) mass is 252 g/mol. The first-order valence-corrected chi connectivity index (χ1v) is 5.97. The zero-order valence-corrected chi connectivity index (χ0v) is 10.2. The summed E-state index contributed by atoms with van der Waals surface area (Å²) in [6.07, 6.45) is 0. The van der Waals surface area contributed by atoms with Gasteiger partial charge < -0.3 is 15.8 Å². The van der Waals surface area contributed by atoms with E-state index in [9.17, 15) is 9.18 Å². The fourth-order valence-electron chi connectivity index (χ4n) is 2.07. The number of nitrogens with one attached hydrogen (secondary N) is 1. The first-order valence-electron chi connectivity index (χ1n) is 5.97. The first-order chi connectivity index (χ1) is 8.59. The van der Waals surface area contributed by atoms with Crippen LogP contribution in [0.4, 0.5) is 4.39 Å². The Balaban J connectivity index is 2.01. The summed E-state index contributed by atoms with van der Waals surface area (Å²) in [5.74, 6) is -0.854. The van der Waals surface area contributed by atoms with Crippen LogP contribution in [0.1, 0.15) is 18.5 Å². The van der Waals surface area contributed by atoms with Crippen LogP contribution in [0.2, 0.25) is 0 Å². The van der Waals surface area contributed by atoms with Crippen molar-refractivity contribution >= 4 is 5.91 Å². The average Bonchev–Trinajstić information content (AvgIpc) is 2.76. The third-order valence-electron chi connectivity index (χ3n) is 3.19. The predicted octanol–water partition coefficient (Wildman–Crippen LogP) is 0.977. The van der Waals surface area contributed by atoms with Crippen molar-refractivity contribution in [1.82, 2.24) is 5.32 Å². The molecule has 98 valence electrons. The topological polar surface area (TPSA) is 64.3 Å². The number of amides is 1. The molecule has 1 aromatic carbocycles. The molecule has 1 aliphatic rings. The minimum Gasteiger partial charge on any atom is -0.379 e. The summed E-state index contributed by atoms with van der Waals surface area (Å²) in [7, 11) is 0. The van der Waals surface area contributed by atoms with Crippen molar-refractivity contribution in [2.24, 2.45) is 11.7 Å². The molecule has 1 fully saturated rings. The summed E-state index contributed by atoms with van der Waals surface area (Å²) in [6, 6.07) is 5.73. The summed E-state index contributed by atoms with van der Waals surface area (Å²) >= 11 is 0. The van der Waals surface area contributed by atoms with Gasteiger partial charge in [0.25, 0.3) is 0 Å². The summed E-state index contributed by atoms with van der Waals surface area (Å²) in [6.45, 7) is 2.47. The lowest BCUT2D eigenvalue weighted by Gasteiger charge is -2.19. The molecule has 5 heteroatoms. The molecule has 3 N–H and O–H groups in total. The maximum absolute atomic E-state index is 13.5. The Hall–Kier alpha value is -1.46. The van der Waals surface area contributed by atoms with E-state index in [1.165, 1.54) is 6.07 Å². The van der Waals surface area contributed by atoms with Crippen LogP contribution >= 0.6 is 0 Å². The van der Waals surface area contributed by atoms with Crippen molar-refractivity contribution in [3.05, 3.63) is 35.6 Å². The van der Waals surface area contributed by atoms with Gasteiger partial charge in [0.1, 0.15) is 5.82 Å². The number of benzene rings is 1. The second kappa shape index (κ2) is 5.46. The third-order valence-corrected chi connectivity index (χ3v) is 3.19. The van der Waals surface area contributed by atoms with Crippen molar-refractivity contribution in [3.63, 3.8) is 0 Å². The molecule has 2 rings (SSSR count). The molecule has 18 heavy (non-hydrogen) atoms. The van der Waals surface area contributed by atoms with Crippen LogP contribution in [-0.2, 0) is 9.53 Å². The van der Waals surface area contributed by atoms with Crippen molar-refractivity contribution in [1.29, 1.82) is 0 Å². The smallest absolute Gasteiger partial charge is 0.227 e. The van der Waals surface area contributed by atoms with Gasteiger partial charge in [-0.15, -0.1) is 0 Å². The number of carbonyl (C=O) groups is 1. The van der Waals surface area contributed by atoms with E-state index in [4.69, 9.17) is 10.5 Å². The molecule has 3 atom stereocenters. The van der Waals surface area contributed by atoms with Crippen molar-refractivity contribution in [2.45, 2.75) is 19.0 Å². The second-order valence-corrected chi connectivity index (χ2v) is 4.56. The van der Waals surface area contributed by atoms with E-state index in [1.54, 1.807) is 25.1 Å². The van der Waals surface area contributed by atoms with Gasteiger partial charge in [0, 0.05) is 11.6 Å². The van der Waals surface area contributed by atoms with Crippen molar-refractivity contribution < 1.29 is 13.9 Å². The minimum atomic E-state index is -0.383. The zero-order chi connectivity index (χ0) is 13.1. The number of rotatable bonds is 3. The van der Waals surface area contributed by atoms with Crippen LogP contribution in [0.5, 0.6) is 0 Å². The van der Waals surface area contributed by atoms with E-state index in [2.05, 4.69) is 5.32 Å². The summed E-state index contributed by atoms with van der Waals surface area (Å²) in [4.78, 5) is 12.0. The molecule has 1 aliphatic heterocycles. The lowest BCUT2D eigenvalue weighted by molar-refractivity contribution is -0.125. The Morgan fingerprint density at radius 2 is 2.22 bits per heavy atom. The van der Waals surface area contributed by atoms with E-state index in [0.29, 0.717) is 18.8 Å². The van der Waals surface area contributed by atoms with E-state index < -0.39 is 0 Å². The second-order valence-electron chi connectivity index (χ2n) is 4.56. The quantitative estimate of drug-likeness (QED) is 0.842. The van der Waals surface area contributed by atoms with Gasteiger partial charge in [0.15, 0.2) is 0 Å². The Morgan fingerprint density at radius 3 is 2.83 bits per heavy atom. The molecule has 1 aromatic rings. The van der Waals surface area contributed by atoms with Gasteiger partial charge in [-0.05, 0) is 13.0 Å². The molecule has 0 aliphatic carbocycles. The zero-order valence-electron chi connectivity index (χ0n) is 10.2. The minimum absolute atomic E-state index is 0.184. The maximum atomic E-state index is 13.5. The Kier molecular flexibility index (Phi) is 3.93. The summed E-state index contributed by atoms with van der Waals surface area (Å²) in [5.41, 5.74) is 6.23. The SMILES string of the molecule is C[C@@H](NC(=O)C1COCC1N)c1ccccc1F. The van der Waals surface area contributed by atoms with Gasteiger partial charge in [-0.25, -0.2) is 4.39 Å². The summed E-state index contributed by atoms with van der Waals surface area (Å²) in [5, 5.41) is 2.77. The van der Waals surface area contributed by atoms with Crippen LogP contribution in [0.3, 0.4) is 0 Å². The molecule has 0 aromatic heterocycles. The lowest BCUT2D eigenvalue weighted by atomic mass is 10.0. The molecule has 2 unspecified atom stereocenters. The highest BCUT2D eigenvalue weighted by molar-refractivity contribution is 5.80. The van der Waals surface area contributed by atoms with Gasteiger partial charge >= 0.3 is 0 Å². The number of nitrogens with two attached hydrogens (primary N) is 1. The molecule has 0 spiro atoms. The fraction of sp³-hybridized carbons (Fsp3) is 0.462. The van der Waals surface area contributed by atoms with E-state index in [1.807, 2.05) is 0 Å². The Bertz CT molecular complexity index is 439. The number of ether oxygens (including phenoxy) is 1. The van der Waals surface area contributed by atoms with Crippen molar-refractivity contribution in [3.8, 4) is 0 Å². The molecule has 1 heterocycles. The average molecular weight is 252 g/mol. The van der Waals surface area contributed by atoms with Crippen LogP contribution < -0.4 is 11.1 Å². The standard InChI is InChI=1S/C13H17FN2O2/c1-8(9-4-2-3-5-11(9)14)16-13(17)10-6-18-7-12(10)15/h2-5,8,10,12H,6-7,15H2,1H3,(H,16,17)/t8-,10?,12?/m1/s1. The number of halogens is 1. The van der Waals surface area contributed by atoms with Gasteiger partial charge in [-0.2, -0.15) is 0 Å². The largest absolute Gasteiger partial charge is 0.379 e. The van der Waals surface area contributed by atoms with Crippen LogP contribution in [0.15, 0.2) is 24.3 Å². The lowest BCUT2D eigenvalue weighted by Crippen LogP contribution is -2.41. The fourth-order valence-corrected chi connectivity index (χ4v) is 2.07. The summed E-state index contributed by atoms with van der Waals surface area (Å²) < 4.78 is 18.7. The van der Waals surface area contributed by atoms with E-state index in [-0.39, 0.29) is 29.7 Å². The molecule has 0 bridgehead atoms. The Labute approximate surface area is 105 Å². The molecule has 0 saturated carbocycles. The molecule has 1 saturated heterocycles. The van der Waals surface area contributed by atoms with Crippen LogP contribution in [0.25, 0.3) is 0 Å². The molecule has 1 amide bonds. The van der Waals surface area contributed by atoms with Gasteiger partial charge in [-0.3, -0.25) is 4.79 Å². The number of hydrogen-bond acceptors (Lipinski definition) is 3. The molecule has 4 nitrogen and oxygen atoms in total. The van der Waals surface area contributed by atoms with Gasteiger partial charge in [-0.1, -0.05) is 18.2 Å². The Morgan fingerprint density at radius 1 is 1.50 bits per heavy atom. The predicted molar refractivity (Wildman–Crippen MR) is 65.2 cm³/mol. The molecular weight excluding hydrogens is 235 g/mol. The highest BCUT2D eigenvalue weighted by atomic mass is 19.1. The van der Waals surface area contributed by atoms with Gasteiger partial charge in [0.05, 0.1) is 25.2 Å². The molecule has 0 radical (unpaired) electrons. The first kappa shape index (κ1) is 13.0. The van der Waals surface area contributed by atoms with Crippen LogP contribution in [0, 0.1) is 11.7 Å². The normalized spacial score (nSPS) is 24.8. The number of carbonyl (C=O) groups excluding carboxylic acids is 1. The third kappa shape index (κ3) is 2.68. The molecular formula is C13H17FN2O2. The highest BCUT2D eigenvalue weighted by Gasteiger charge is 2.32. The highest BCUT2D eigenvalue weighted by Crippen LogP contribution is 2.18.